The van der Waals surface area contributed by atoms with Gasteiger partial charge in [-0.25, -0.2) is 9.38 Å². The minimum absolute atomic E-state index is 0.216. The molecule has 0 radical (unpaired) electrons. The lowest BCUT2D eigenvalue weighted by molar-refractivity contribution is -0.117. The molecule has 0 bridgehead atoms. The molecule has 0 aliphatic carbocycles. The van der Waals surface area contributed by atoms with Crippen molar-refractivity contribution in [2.75, 3.05) is 31.7 Å². The van der Waals surface area contributed by atoms with Crippen LogP contribution >= 0.6 is 0 Å². The van der Waals surface area contributed by atoms with Crippen LogP contribution in [0.25, 0.3) is 0 Å². The summed E-state index contributed by atoms with van der Waals surface area (Å²) in [6, 6.07) is 3.67. The molecule has 0 spiro atoms. The Morgan fingerprint density at radius 1 is 1.42 bits per heavy atom. The highest BCUT2D eigenvalue weighted by Gasteiger charge is 2.56. The Bertz CT molecular complexity index is 647. The number of ether oxygens (including phenoxy) is 2. The normalized spacial score (nSPS) is 29.0. The summed E-state index contributed by atoms with van der Waals surface area (Å²) in [4.78, 5) is 3.71. The van der Waals surface area contributed by atoms with Crippen LogP contribution in [0.3, 0.4) is 0 Å². The molecule has 0 saturated carbocycles. The van der Waals surface area contributed by atoms with Gasteiger partial charge in [-0.3, -0.25) is 0 Å². The van der Waals surface area contributed by atoms with E-state index in [1.165, 1.54) is 12.1 Å². The minimum Gasteiger partial charge on any atom is -0.459 e. The molecule has 2 heterocycles. The van der Waals surface area contributed by atoms with E-state index in [2.05, 4.69) is 15.0 Å². The van der Waals surface area contributed by atoms with Gasteiger partial charge in [-0.2, -0.15) is 8.78 Å². The first-order chi connectivity index (χ1) is 11.3. The number of rotatable bonds is 4. The Morgan fingerprint density at radius 2 is 2.21 bits per heavy atom. The Kier molecular flexibility index (Phi) is 4.33. The van der Waals surface area contributed by atoms with Gasteiger partial charge in [-0.1, -0.05) is 0 Å². The second-order valence-electron chi connectivity index (χ2n) is 6.32. The van der Waals surface area contributed by atoms with E-state index in [4.69, 9.17) is 10.5 Å². The fourth-order valence-corrected chi connectivity index (χ4v) is 2.91. The molecule has 5 nitrogen and oxygen atoms in total. The molecule has 24 heavy (non-hydrogen) atoms. The number of nitrogens with two attached hydrogens (primary N) is 1. The van der Waals surface area contributed by atoms with Crippen LogP contribution in [-0.4, -0.2) is 38.3 Å². The maximum Gasteiger partial charge on any atom is 0.310 e. The molecule has 1 aromatic carbocycles. The van der Waals surface area contributed by atoms with Crippen molar-refractivity contribution >= 4 is 11.7 Å². The Hall–Kier alpha value is -1.96. The summed E-state index contributed by atoms with van der Waals surface area (Å²) in [5.74, 6) is -3.79. The minimum atomic E-state index is -3.38. The van der Waals surface area contributed by atoms with E-state index in [-0.39, 0.29) is 11.6 Å². The summed E-state index contributed by atoms with van der Waals surface area (Å²) in [6.07, 6.45) is 0.939. The van der Waals surface area contributed by atoms with E-state index in [1.54, 1.807) is 0 Å². The van der Waals surface area contributed by atoms with Gasteiger partial charge in [0.1, 0.15) is 5.82 Å². The molecule has 8 heteroatoms. The van der Waals surface area contributed by atoms with E-state index < -0.39 is 23.9 Å². The summed E-state index contributed by atoms with van der Waals surface area (Å²) in [7, 11) is 0. The lowest BCUT2D eigenvalue weighted by Crippen LogP contribution is -2.51. The highest BCUT2D eigenvalue weighted by atomic mass is 19.3. The van der Waals surface area contributed by atoms with Crippen LogP contribution in [0.2, 0.25) is 0 Å². The molecule has 2 aliphatic rings. The molecule has 3 rings (SSSR count). The number of hydrogen-bond acceptors (Lipinski definition) is 5. The first-order valence-electron chi connectivity index (χ1n) is 7.79. The Balaban J connectivity index is 1.88. The van der Waals surface area contributed by atoms with Crippen LogP contribution in [0.4, 0.5) is 18.9 Å². The van der Waals surface area contributed by atoms with Crippen LogP contribution in [-0.2, 0) is 15.0 Å². The third kappa shape index (κ3) is 3.02. The molecule has 132 valence electrons. The monoisotopic (exact) mass is 343 g/mol. The summed E-state index contributed by atoms with van der Waals surface area (Å²) in [6.45, 7) is 2.24. The van der Waals surface area contributed by atoms with Crippen LogP contribution in [0.5, 0.6) is 0 Å². The molecule has 1 unspecified atom stereocenters. The number of nitrogens with one attached hydrogen (secondary N) is 1. The number of alkyl halides is 2. The summed E-state index contributed by atoms with van der Waals surface area (Å²) < 4.78 is 52.9. The van der Waals surface area contributed by atoms with Crippen molar-refractivity contribution in [3.05, 3.63) is 29.6 Å². The summed E-state index contributed by atoms with van der Waals surface area (Å²) in [5, 5.41) is 3.15. The van der Waals surface area contributed by atoms with Crippen LogP contribution in [0.1, 0.15) is 18.9 Å². The van der Waals surface area contributed by atoms with Gasteiger partial charge in [0.2, 0.25) is 0 Å². The van der Waals surface area contributed by atoms with E-state index >= 15 is 0 Å². The maximum absolute atomic E-state index is 14.4. The number of hydrogen-bond donors (Lipinski definition) is 2. The average Bonchev–Trinajstić information content (AvgIpc) is 3.04. The molecule has 0 amide bonds. The SMILES string of the molecule is C[C@]1(c2cc(NCC3CCOC3)ccc2F)N=C(N)OCC1(F)F. The van der Waals surface area contributed by atoms with E-state index in [0.29, 0.717) is 24.8 Å². The first-order valence-corrected chi connectivity index (χ1v) is 7.79. The molecule has 0 aromatic heterocycles. The van der Waals surface area contributed by atoms with Crippen LogP contribution in [0, 0.1) is 11.7 Å². The largest absolute Gasteiger partial charge is 0.459 e. The second-order valence-corrected chi connectivity index (χ2v) is 6.32. The summed E-state index contributed by atoms with van der Waals surface area (Å²) >= 11 is 0. The van der Waals surface area contributed by atoms with Crippen molar-refractivity contribution in [2.24, 2.45) is 16.6 Å². The highest BCUT2D eigenvalue weighted by molar-refractivity contribution is 5.73. The zero-order valence-corrected chi connectivity index (χ0v) is 13.3. The van der Waals surface area contributed by atoms with Gasteiger partial charge in [0.15, 0.2) is 12.1 Å². The zero-order valence-electron chi connectivity index (χ0n) is 13.3. The average molecular weight is 343 g/mol. The standard InChI is InChI=1S/C16H20F3N3O2/c1-15(16(18,19)9-24-14(20)22-15)12-6-11(2-3-13(12)17)21-7-10-4-5-23-8-10/h2-3,6,10,21H,4-5,7-9H2,1H3,(H2,20,22)/t10?,15-/m1/s1. The van der Waals surface area contributed by atoms with Crippen molar-refractivity contribution in [2.45, 2.75) is 24.8 Å². The maximum atomic E-state index is 14.4. The van der Waals surface area contributed by atoms with Crippen molar-refractivity contribution in [3.8, 4) is 0 Å². The molecule has 1 saturated heterocycles. The zero-order chi connectivity index (χ0) is 17.4. The molecule has 2 aliphatic heterocycles. The predicted octanol–water partition coefficient (Wildman–Crippen LogP) is 2.47. The van der Waals surface area contributed by atoms with E-state index in [9.17, 15) is 13.2 Å². The van der Waals surface area contributed by atoms with Gasteiger partial charge in [0.05, 0.1) is 6.61 Å². The first kappa shape index (κ1) is 16.9. The third-order valence-corrected chi connectivity index (χ3v) is 4.56. The molecule has 1 aromatic rings. The molecular formula is C16H20F3N3O2. The van der Waals surface area contributed by atoms with Crippen molar-refractivity contribution in [3.63, 3.8) is 0 Å². The van der Waals surface area contributed by atoms with Gasteiger partial charge in [0, 0.05) is 30.3 Å². The number of benzene rings is 1. The third-order valence-electron chi connectivity index (χ3n) is 4.56. The number of nitrogens with zero attached hydrogens (tertiary/aromatic N) is 1. The van der Waals surface area contributed by atoms with E-state index in [1.807, 2.05) is 0 Å². The fraction of sp³-hybridized carbons (Fsp3) is 0.562. The van der Waals surface area contributed by atoms with Gasteiger partial charge >= 0.3 is 5.92 Å². The van der Waals surface area contributed by atoms with Gasteiger partial charge in [-0.05, 0) is 31.5 Å². The predicted molar refractivity (Wildman–Crippen MR) is 83.7 cm³/mol. The number of aliphatic imine (C=N–C) groups is 1. The number of anilines is 1. The lowest BCUT2D eigenvalue weighted by Gasteiger charge is -2.37. The van der Waals surface area contributed by atoms with Gasteiger partial charge in [0.25, 0.3) is 6.02 Å². The van der Waals surface area contributed by atoms with Crippen molar-refractivity contribution < 1.29 is 22.6 Å². The van der Waals surface area contributed by atoms with Crippen LogP contribution in [0.15, 0.2) is 23.2 Å². The summed E-state index contributed by atoms with van der Waals surface area (Å²) in [5.41, 5.74) is 3.66. The highest BCUT2D eigenvalue weighted by Crippen LogP contribution is 2.44. The lowest BCUT2D eigenvalue weighted by atomic mass is 9.85. The van der Waals surface area contributed by atoms with Gasteiger partial charge < -0.3 is 20.5 Å². The molecular weight excluding hydrogens is 323 g/mol. The fourth-order valence-electron chi connectivity index (χ4n) is 2.91. The van der Waals surface area contributed by atoms with E-state index in [0.717, 1.165) is 26.0 Å². The van der Waals surface area contributed by atoms with Crippen LogP contribution < -0.4 is 11.1 Å². The quantitative estimate of drug-likeness (QED) is 0.881. The molecule has 1 fully saturated rings. The topological polar surface area (TPSA) is 68.9 Å². The molecule has 2 atom stereocenters. The second kappa shape index (κ2) is 6.16. The Morgan fingerprint density at radius 3 is 2.92 bits per heavy atom. The Labute approximate surface area is 138 Å². The number of halogens is 3. The smallest absolute Gasteiger partial charge is 0.310 e. The van der Waals surface area contributed by atoms with Crippen molar-refractivity contribution in [1.82, 2.24) is 0 Å². The van der Waals surface area contributed by atoms with Gasteiger partial charge in [-0.15, -0.1) is 0 Å². The number of amidine groups is 1. The molecule has 3 N–H and O–H groups in total. The van der Waals surface area contributed by atoms with Crippen molar-refractivity contribution in [1.29, 1.82) is 0 Å².